The molecule has 0 aliphatic carbocycles. The van der Waals surface area contributed by atoms with Gasteiger partial charge in [0.15, 0.2) is 0 Å². The summed E-state index contributed by atoms with van der Waals surface area (Å²) in [5.41, 5.74) is -0.644. The Balaban J connectivity index is 1.84. The number of amides is 1. The molecule has 1 N–H and O–H groups in total. The van der Waals surface area contributed by atoms with E-state index in [1.165, 1.54) is 22.7 Å². The number of hydrogen-bond donors (Lipinski definition) is 1. The maximum Gasteiger partial charge on any atom is 0.416 e. The van der Waals surface area contributed by atoms with Crippen molar-refractivity contribution in [2.24, 2.45) is 5.92 Å². The van der Waals surface area contributed by atoms with Crippen LogP contribution in [0.2, 0.25) is 0 Å². The molecule has 1 aromatic rings. The van der Waals surface area contributed by atoms with E-state index in [4.69, 9.17) is 0 Å². The Morgan fingerprint density at radius 3 is 2.19 bits per heavy atom. The average molecular weight is 393 g/mol. The summed E-state index contributed by atoms with van der Waals surface area (Å²) in [6, 6.07) is 4.04. The highest BCUT2D eigenvalue weighted by Gasteiger charge is 2.31. The Labute approximate surface area is 151 Å². The van der Waals surface area contributed by atoms with Gasteiger partial charge < -0.3 is 5.32 Å². The van der Waals surface area contributed by atoms with Crippen LogP contribution in [0.4, 0.5) is 13.2 Å². The van der Waals surface area contributed by atoms with Crippen molar-refractivity contribution in [3.63, 3.8) is 0 Å². The van der Waals surface area contributed by atoms with Crippen molar-refractivity contribution >= 4 is 16.1 Å². The smallest absolute Gasteiger partial charge is 0.352 e. The van der Waals surface area contributed by atoms with Gasteiger partial charge >= 0.3 is 6.18 Å². The first-order valence-corrected chi connectivity index (χ1v) is 9.54. The second kappa shape index (κ2) is 7.93. The van der Waals surface area contributed by atoms with Crippen LogP contribution in [0, 0.1) is 5.92 Å². The lowest BCUT2D eigenvalue weighted by molar-refractivity contribution is -0.137. The number of carbonyl (C=O) groups excluding carboxylic acids is 1. The highest BCUT2D eigenvalue weighted by atomic mass is 32.2. The molecule has 0 atom stereocenters. The summed E-state index contributed by atoms with van der Waals surface area (Å²) < 4.78 is 64.2. The molecule has 6 nitrogen and oxygen atoms in total. The van der Waals surface area contributed by atoms with Crippen molar-refractivity contribution in [1.29, 1.82) is 0 Å². The Kier molecular flexibility index (Phi) is 6.30. The highest BCUT2D eigenvalue weighted by Crippen LogP contribution is 2.29. The quantitative estimate of drug-likeness (QED) is 0.831. The molecule has 1 heterocycles. The number of alkyl halides is 3. The van der Waals surface area contributed by atoms with Gasteiger partial charge in [-0.3, -0.25) is 4.79 Å². The normalized spacial score (nSPS) is 17.5. The molecule has 26 heavy (non-hydrogen) atoms. The van der Waals surface area contributed by atoms with Crippen LogP contribution in [0.5, 0.6) is 0 Å². The Hall–Kier alpha value is -1.65. The lowest BCUT2D eigenvalue weighted by Crippen LogP contribution is -2.45. The van der Waals surface area contributed by atoms with Gasteiger partial charge in [0.05, 0.1) is 5.56 Å². The minimum absolute atomic E-state index is 0.127. The Bertz CT molecular complexity index is 725. The molecule has 1 aromatic carbocycles. The molecule has 1 fully saturated rings. The van der Waals surface area contributed by atoms with Gasteiger partial charge in [0.25, 0.3) is 16.1 Å². The van der Waals surface area contributed by atoms with Crippen LogP contribution in [0.25, 0.3) is 0 Å². The summed E-state index contributed by atoms with van der Waals surface area (Å²) in [4.78, 5) is 12.1. The summed E-state index contributed by atoms with van der Waals surface area (Å²) in [6.45, 7) is 1.11. The zero-order valence-corrected chi connectivity index (χ0v) is 15.4. The third-order valence-electron chi connectivity index (χ3n) is 4.39. The van der Waals surface area contributed by atoms with Crippen molar-refractivity contribution in [1.82, 2.24) is 13.9 Å². The first kappa shape index (κ1) is 20.7. The summed E-state index contributed by atoms with van der Waals surface area (Å²) in [5, 5.41) is 2.70. The van der Waals surface area contributed by atoms with E-state index >= 15 is 0 Å². The molecule has 2 rings (SSSR count). The predicted octanol–water partition coefficient (Wildman–Crippen LogP) is 1.95. The molecule has 0 unspecified atom stereocenters. The van der Waals surface area contributed by atoms with E-state index in [-0.39, 0.29) is 11.5 Å². The zero-order chi connectivity index (χ0) is 19.5. The van der Waals surface area contributed by atoms with E-state index in [1.807, 2.05) is 0 Å². The second-order valence-electron chi connectivity index (χ2n) is 6.42. The lowest BCUT2D eigenvalue weighted by Gasteiger charge is -2.32. The van der Waals surface area contributed by atoms with Crippen molar-refractivity contribution in [2.75, 3.05) is 33.7 Å². The van der Waals surface area contributed by atoms with Crippen molar-refractivity contribution in [2.45, 2.75) is 19.0 Å². The standard InChI is InChI=1S/C16H22F3N3O3S/c1-21(2)26(24,25)22-9-7-12(8-10-22)11-20-15(23)13-3-5-14(6-4-13)16(17,18)19/h3-6,12H,7-11H2,1-2H3,(H,20,23). The van der Waals surface area contributed by atoms with Gasteiger partial charge in [-0.1, -0.05) is 0 Å². The third-order valence-corrected chi connectivity index (χ3v) is 6.33. The molecule has 146 valence electrons. The van der Waals surface area contributed by atoms with Crippen LogP contribution in [-0.4, -0.2) is 56.7 Å². The molecule has 0 saturated carbocycles. The van der Waals surface area contributed by atoms with Crippen molar-refractivity contribution in [3.8, 4) is 0 Å². The van der Waals surface area contributed by atoms with Crippen molar-refractivity contribution in [3.05, 3.63) is 35.4 Å². The monoisotopic (exact) mass is 393 g/mol. The van der Waals surface area contributed by atoms with Crippen LogP contribution >= 0.6 is 0 Å². The lowest BCUT2D eigenvalue weighted by atomic mass is 9.98. The molecular weight excluding hydrogens is 371 g/mol. The maximum atomic E-state index is 12.5. The summed E-state index contributed by atoms with van der Waals surface area (Å²) in [7, 11) is -0.471. The maximum absolute atomic E-state index is 12.5. The second-order valence-corrected chi connectivity index (χ2v) is 8.56. The third kappa shape index (κ3) is 4.95. The molecular formula is C16H22F3N3O3S. The van der Waals surface area contributed by atoms with Gasteiger partial charge in [-0.2, -0.15) is 30.2 Å². The Morgan fingerprint density at radius 2 is 1.73 bits per heavy atom. The number of nitrogens with zero attached hydrogens (tertiary/aromatic N) is 2. The average Bonchev–Trinajstić information content (AvgIpc) is 2.59. The number of hydrogen-bond acceptors (Lipinski definition) is 3. The van der Waals surface area contributed by atoms with Crippen molar-refractivity contribution < 1.29 is 26.4 Å². The van der Waals surface area contributed by atoms with Crippen LogP contribution < -0.4 is 5.32 Å². The van der Waals surface area contributed by atoms with Gasteiger partial charge in [0.2, 0.25) is 0 Å². The van der Waals surface area contributed by atoms with E-state index in [0.717, 1.165) is 24.3 Å². The summed E-state index contributed by atoms with van der Waals surface area (Å²) in [6.07, 6.45) is -3.21. The molecule has 10 heteroatoms. The summed E-state index contributed by atoms with van der Waals surface area (Å²) >= 11 is 0. The fourth-order valence-corrected chi connectivity index (χ4v) is 3.86. The van der Waals surface area contributed by atoms with E-state index in [9.17, 15) is 26.4 Å². The molecule has 1 aliphatic heterocycles. The minimum Gasteiger partial charge on any atom is -0.352 e. The number of halogens is 3. The van der Waals surface area contributed by atoms with Crippen LogP contribution in [0.1, 0.15) is 28.8 Å². The summed E-state index contributed by atoms with van der Waals surface area (Å²) in [5.74, 6) is -0.316. The number of piperidine rings is 1. The van der Waals surface area contributed by atoms with E-state index in [1.54, 1.807) is 0 Å². The molecule has 1 amide bonds. The minimum atomic E-state index is -4.43. The SMILES string of the molecule is CN(C)S(=O)(=O)N1CCC(CNC(=O)c2ccc(C(F)(F)F)cc2)CC1. The van der Waals surface area contributed by atoms with Gasteiger partial charge in [-0.15, -0.1) is 0 Å². The van der Waals surface area contributed by atoms with Gasteiger partial charge in [-0.05, 0) is 43.0 Å². The fourth-order valence-electron chi connectivity index (χ4n) is 2.72. The van der Waals surface area contributed by atoms with Gasteiger partial charge in [0, 0.05) is 39.3 Å². The van der Waals surface area contributed by atoms with Crippen LogP contribution in [0.3, 0.4) is 0 Å². The van der Waals surface area contributed by atoms with Crippen LogP contribution in [0.15, 0.2) is 24.3 Å². The molecule has 0 bridgehead atoms. The van der Waals surface area contributed by atoms with Crippen LogP contribution in [-0.2, 0) is 16.4 Å². The zero-order valence-electron chi connectivity index (χ0n) is 14.6. The Morgan fingerprint density at radius 1 is 1.19 bits per heavy atom. The molecule has 0 aromatic heterocycles. The number of benzene rings is 1. The van der Waals surface area contributed by atoms with E-state index in [0.29, 0.717) is 32.5 Å². The molecule has 1 saturated heterocycles. The van der Waals surface area contributed by atoms with Gasteiger partial charge in [0.1, 0.15) is 0 Å². The molecule has 0 radical (unpaired) electrons. The number of rotatable bonds is 5. The first-order chi connectivity index (χ1) is 12.0. The van der Waals surface area contributed by atoms with Gasteiger partial charge in [-0.25, -0.2) is 0 Å². The molecule has 0 spiro atoms. The number of carbonyl (C=O) groups is 1. The van der Waals surface area contributed by atoms with E-state index < -0.39 is 27.9 Å². The first-order valence-electron chi connectivity index (χ1n) is 8.15. The fraction of sp³-hybridized carbons (Fsp3) is 0.562. The predicted molar refractivity (Wildman–Crippen MR) is 90.7 cm³/mol. The molecule has 1 aliphatic rings. The topological polar surface area (TPSA) is 69.7 Å². The number of nitrogens with one attached hydrogen (secondary N) is 1. The highest BCUT2D eigenvalue weighted by molar-refractivity contribution is 7.86. The largest absolute Gasteiger partial charge is 0.416 e. The van der Waals surface area contributed by atoms with E-state index in [2.05, 4.69) is 5.32 Å².